The van der Waals surface area contributed by atoms with Crippen LogP contribution < -0.4 is 0 Å². The minimum Gasteiger partial charge on any atom is -0.219 e. The Bertz CT molecular complexity index is 310. The van der Waals surface area contributed by atoms with E-state index in [1.165, 1.54) is 0 Å². The molecule has 6 heteroatoms. The number of nitrogens with zero attached hydrogens (tertiary/aromatic N) is 2. The summed E-state index contributed by atoms with van der Waals surface area (Å²) in [4.78, 5) is 8.22. The summed E-state index contributed by atoms with van der Waals surface area (Å²) in [5.74, 6) is 1.40. The first-order chi connectivity index (χ1) is 6.50. The summed E-state index contributed by atoms with van der Waals surface area (Å²) in [6.45, 7) is 4.24. The van der Waals surface area contributed by atoms with Crippen molar-refractivity contribution in [1.29, 1.82) is 0 Å². The van der Waals surface area contributed by atoms with Crippen LogP contribution in [0.25, 0.3) is 0 Å². The van der Waals surface area contributed by atoms with Crippen LogP contribution in [0.2, 0.25) is 10.3 Å². The Morgan fingerprint density at radius 3 is 2.21 bits per heavy atom. The van der Waals surface area contributed by atoms with E-state index in [1.54, 1.807) is 11.8 Å². The van der Waals surface area contributed by atoms with Gasteiger partial charge in [0.25, 0.3) is 0 Å². The predicted octanol–water partition coefficient (Wildman–Crippen LogP) is 4.19. The maximum atomic E-state index is 5.84. The second kappa shape index (κ2) is 5.54. The Morgan fingerprint density at radius 1 is 1.29 bits per heavy atom. The van der Waals surface area contributed by atoms with Crippen molar-refractivity contribution in [1.82, 2.24) is 9.97 Å². The summed E-state index contributed by atoms with van der Waals surface area (Å²) in [6, 6.07) is 0. The van der Waals surface area contributed by atoms with Gasteiger partial charge in [0.15, 0.2) is 0 Å². The lowest BCUT2D eigenvalue weighted by Crippen LogP contribution is -1.97. The van der Waals surface area contributed by atoms with E-state index >= 15 is 0 Å². The van der Waals surface area contributed by atoms with Crippen LogP contribution in [0.15, 0.2) is 4.47 Å². The molecule has 0 aliphatic carbocycles. The Balaban J connectivity index is 2.79. The molecule has 0 fully saturated rings. The van der Waals surface area contributed by atoms with Crippen molar-refractivity contribution in [2.24, 2.45) is 0 Å². The summed E-state index contributed by atoms with van der Waals surface area (Å²) >= 11 is 16.6. The van der Waals surface area contributed by atoms with Gasteiger partial charge in [0, 0.05) is 0 Å². The molecule has 1 aromatic rings. The maximum absolute atomic E-state index is 5.84. The van der Waals surface area contributed by atoms with Gasteiger partial charge >= 0.3 is 0 Å². The number of halogens is 3. The van der Waals surface area contributed by atoms with Crippen LogP contribution in [0.3, 0.4) is 0 Å². The quantitative estimate of drug-likeness (QED) is 0.782. The summed E-state index contributed by atoms with van der Waals surface area (Å²) < 4.78 is 0.555. The minimum atomic E-state index is 0.365. The van der Waals surface area contributed by atoms with Gasteiger partial charge in [-0.25, -0.2) is 9.97 Å². The molecular weight excluding hydrogens is 307 g/mol. The second-order valence-corrected chi connectivity index (χ2v) is 5.97. The smallest absolute Gasteiger partial charge is 0.148 e. The van der Waals surface area contributed by atoms with E-state index in [9.17, 15) is 0 Å². The summed E-state index contributed by atoms with van der Waals surface area (Å²) in [7, 11) is 0. The van der Waals surface area contributed by atoms with E-state index in [4.69, 9.17) is 23.2 Å². The molecule has 0 aliphatic heterocycles. The molecule has 0 unspecified atom stereocenters. The van der Waals surface area contributed by atoms with E-state index in [-0.39, 0.29) is 0 Å². The Kier molecular flexibility index (Phi) is 4.97. The molecule has 2 nitrogen and oxygen atoms in total. The molecule has 0 saturated carbocycles. The maximum Gasteiger partial charge on any atom is 0.148 e. The molecule has 0 spiro atoms. The summed E-state index contributed by atoms with van der Waals surface area (Å²) in [6.07, 6.45) is 0. The van der Waals surface area contributed by atoms with Crippen LogP contribution in [0.1, 0.15) is 19.7 Å². The first-order valence-corrected chi connectivity index (χ1v) is 6.59. The van der Waals surface area contributed by atoms with Gasteiger partial charge in [0.1, 0.15) is 16.1 Å². The SMILES string of the molecule is CC(C)SCc1nc(Cl)c(Br)c(Cl)n1. The van der Waals surface area contributed by atoms with Gasteiger partial charge in [-0.2, -0.15) is 11.8 Å². The summed E-state index contributed by atoms with van der Waals surface area (Å²) in [5.41, 5.74) is 0. The van der Waals surface area contributed by atoms with Crippen LogP contribution >= 0.6 is 50.9 Å². The molecule has 0 amide bonds. The van der Waals surface area contributed by atoms with Crippen LogP contribution in [0, 0.1) is 0 Å². The molecule has 0 aromatic carbocycles. The lowest BCUT2D eigenvalue weighted by molar-refractivity contribution is 1.01. The average Bonchev–Trinajstić information content (AvgIpc) is 2.10. The fourth-order valence-corrected chi connectivity index (χ4v) is 1.95. The molecule has 0 radical (unpaired) electrons. The van der Waals surface area contributed by atoms with Crippen molar-refractivity contribution in [2.75, 3.05) is 0 Å². The predicted molar refractivity (Wildman–Crippen MR) is 66.2 cm³/mol. The van der Waals surface area contributed by atoms with Crippen LogP contribution in [0.4, 0.5) is 0 Å². The highest BCUT2D eigenvalue weighted by atomic mass is 79.9. The van der Waals surface area contributed by atoms with Gasteiger partial charge in [-0.1, -0.05) is 37.0 Å². The van der Waals surface area contributed by atoms with Crippen molar-refractivity contribution >= 4 is 50.9 Å². The fourth-order valence-electron chi connectivity index (χ4n) is 0.741. The van der Waals surface area contributed by atoms with Crippen molar-refractivity contribution in [2.45, 2.75) is 24.9 Å². The molecule has 14 heavy (non-hydrogen) atoms. The molecule has 1 aromatic heterocycles. The molecule has 78 valence electrons. The number of aromatic nitrogens is 2. The fraction of sp³-hybridized carbons (Fsp3) is 0.500. The standard InChI is InChI=1S/C8H9BrCl2N2S/c1-4(2)14-3-5-12-7(10)6(9)8(11)13-5/h4H,3H2,1-2H3. The zero-order chi connectivity index (χ0) is 10.7. The highest BCUT2D eigenvalue weighted by Crippen LogP contribution is 2.28. The van der Waals surface area contributed by atoms with Gasteiger partial charge in [0.2, 0.25) is 0 Å². The molecule has 0 saturated heterocycles. The Hall–Kier alpha value is 0.490. The van der Waals surface area contributed by atoms with Crippen LogP contribution in [-0.4, -0.2) is 15.2 Å². The van der Waals surface area contributed by atoms with Gasteiger partial charge in [-0.3, -0.25) is 0 Å². The lowest BCUT2D eigenvalue weighted by Gasteiger charge is -2.05. The molecule has 0 bridgehead atoms. The van der Waals surface area contributed by atoms with Crippen molar-refractivity contribution in [3.05, 3.63) is 20.6 Å². The third-order valence-electron chi connectivity index (χ3n) is 1.36. The molecule has 1 rings (SSSR count). The van der Waals surface area contributed by atoms with Gasteiger partial charge in [-0.15, -0.1) is 0 Å². The van der Waals surface area contributed by atoms with Gasteiger partial charge in [0.05, 0.1) is 10.2 Å². The number of rotatable bonds is 3. The number of hydrogen-bond acceptors (Lipinski definition) is 3. The third kappa shape index (κ3) is 3.57. The highest BCUT2D eigenvalue weighted by molar-refractivity contribution is 9.10. The average molecular weight is 316 g/mol. The first-order valence-electron chi connectivity index (χ1n) is 3.99. The van der Waals surface area contributed by atoms with Gasteiger partial charge < -0.3 is 0 Å². The topological polar surface area (TPSA) is 25.8 Å². The van der Waals surface area contributed by atoms with E-state index in [1.807, 2.05) is 0 Å². The third-order valence-corrected chi connectivity index (χ3v) is 4.21. The van der Waals surface area contributed by atoms with Crippen molar-refractivity contribution in [3.63, 3.8) is 0 Å². The normalized spacial score (nSPS) is 11.0. The molecule has 0 aliphatic rings. The largest absolute Gasteiger partial charge is 0.219 e. The number of thioether (sulfide) groups is 1. The van der Waals surface area contributed by atoms with Crippen LogP contribution in [0.5, 0.6) is 0 Å². The zero-order valence-corrected chi connectivity index (χ0v) is 11.6. The van der Waals surface area contributed by atoms with E-state index < -0.39 is 0 Å². The molecule has 0 atom stereocenters. The number of hydrogen-bond donors (Lipinski definition) is 0. The lowest BCUT2D eigenvalue weighted by atomic mass is 10.6. The van der Waals surface area contributed by atoms with Crippen molar-refractivity contribution < 1.29 is 0 Å². The monoisotopic (exact) mass is 314 g/mol. The Labute approximate surface area is 106 Å². The molecular formula is C8H9BrCl2N2S. The van der Waals surface area contributed by atoms with E-state index in [0.717, 1.165) is 5.75 Å². The molecule has 1 heterocycles. The second-order valence-electron chi connectivity index (χ2n) is 2.90. The Morgan fingerprint density at radius 2 is 1.79 bits per heavy atom. The molecule has 0 N–H and O–H groups in total. The van der Waals surface area contributed by atoms with Crippen molar-refractivity contribution in [3.8, 4) is 0 Å². The van der Waals surface area contributed by atoms with Crippen LogP contribution in [-0.2, 0) is 5.75 Å². The van der Waals surface area contributed by atoms with E-state index in [0.29, 0.717) is 25.9 Å². The zero-order valence-electron chi connectivity index (χ0n) is 7.72. The van der Waals surface area contributed by atoms with E-state index in [2.05, 4.69) is 39.7 Å². The van der Waals surface area contributed by atoms with Gasteiger partial charge in [-0.05, 0) is 21.2 Å². The summed E-state index contributed by atoms with van der Waals surface area (Å²) in [5, 5.41) is 1.27. The first kappa shape index (κ1) is 12.6. The minimum absolute atomic E-state index is 0.365. The highest BCUT2D eigenvalue weighted by Gasteiger charge is 2.09.